The topological polar surface area (TPSA) is 72.0 Å². The quantitative estimate of drug-likeness (QED) is 0.888. The lowest BCUT2D eigenvalue weighted by Gasteiger charge is -2.40. The third kappa shape index (κ3) is 2.21. The van der Waals surface area contributed by atoms with E-state index in [1.54, 1.807) is 12.3 Å². The molecule has 3 N–H and O–H groups in total. The van der Waals surface area contributed by atoms with Crippen LogP contribution in [0.1, 0.15) is 29.3 Å². The Kier molecular flexibility index (Phi) is 3.51. The second kappa shape index (κ2) is 5.31. The SMILES string of the molecule is NCC1(C(O)c2ccncn2)CCc2ccccc2C1. The maximum atomic E-state index is 10.8. The Morgan fingerprint density at radius 2 is 2.05 bits per heavy atom. The molecule has 1 heterocycles. The number of nitrogens with zero attached hydrogens (tertiary/aromatic N) is 2. The fraction of sp³-hybridized carbons (Fsp3) is 0.375. The van der Waals surface area contributed by atoms with E-state index in [9.17, 15) is 5.11 Å². The molecule has 0 radical (unpaired) electrons. The minimum atomic E-state index is -0.649. The van der Waals surface area contributed by atoms with Crippen molar-refractivity contribution < 1.29 is 5.11 Å². The molecule has 0 aliphatic heterocycles. The molecule has 20 heavy (non-hydrogen) atoms. The van der Waals surface area contributed by atoms with Gasteiger partial charge in [-0.2, -0.15) is 0 Å². The number of rotatable bonds is 3. The van der Waals surface area contributed by atoms with Crippen molar-refractivity contribution in [3.05, 3.63) is 59.7 Å². The van der Waals surface area contributed by atoms with E-state index in [1.165, 1.54) is 17.5 Å². The molecule has 0 fully saturated rings. The van der Waals surface area contributed by atoms with Gasteiger partial charge in [0, 0.05) is 18.2 Å². The minimum absolute atomic E-state index is 0.331. The summed E-state index contributed by atoms with van der Waals surface area (Å²) in [6.07, 6.45) is 5.11. The van der Waals surface area contributed by atoms with Crippen LogP contribution in [0.3, 0.4) is 0 Å². The Hall–Kier alpha value is -1.78. The number of aliphatic hydroxyl groups is 1. The fourth-order valence-corrected chi connectivity index (χ4v) is 3.12. The first kappa shape index (κ1) is 13.2. The van der Waals surface area contributed by atoms with Crippen molar-refractivity contribution in [2.75, 3.05) is 6.54 Å². The van der Waals surface area contributed by atoms with E-state index in [0.717, 1.165) is 19.3 Å². The number of aliphatic hydroxyl groups excluding tert-OH is 1. The van der Waals surface area contributed by atoms with Gasteiger partial charge in [-0.25, -0.2) is 9.97 Å². The van der Waals surface area contributed by atoms with Crippen molar-refractivity contribution in [2.24, 2.45) is 11.1 Å². The fourth-order valence-electron chi connectivity index (χ4n) is 3.12. The molecule has 1 aromatic carbocycles. The molecule has 1 aromatic heterocycles. The highest BCUT2D eigenvalue weighted by Crippen LogP contribution is 2.43. The zero-order valence-electron chi connectivity index (χ0n) is 11.4. The summed E-state index contributed by atoms with van der Waals surface area (Å²) in [7, 11) is 0. The monoisotopic (exact) mass is 269 g/mol. The Labute approximate surface area is 118 Å². The van der Waals surface area contributed by atoms with Crippen LogP contribution in [0.2, 0.25) is 0 Å². The first-order valence-corrected chi connectivity index (χ1v) is 6.96. The first-order valence-electron chi connectivity index (χ1n) is 6.96. The van der Waals surface area contributed by atoms with Gasteiger partial charge in [0.15, 0.2) is 0 Å². The van der Waals surface area contributed by atoms with E-state index in [1.807, 2.05) is 6.07 Å². The van der Waals surface area contributed by atoms with E-state index >= 15 is 0 Å². The predicted molar refractivity (Wildman–Crippen MR) is 76.9 cm³/mol. The van der Waals surface area contributed by atoms with Gasteiger partial charge in [0.1, 0.15) is 12.4 Å². The zero-order chi connectivity index (χ0) is 14.0. The summed E-state index contributed by atoms with van der Waals surface area (Å²) in [5, 5.41) is 10.8. The molecule has 1 aliphatic carbocycles. The van der Waals surface area contributed by atoms with Crippen LogP contribution in [0.15, 0.2) is 42.9 Å². The molecule has 4 nitrogen and oxygen atoms in total. The van der Waals surface area contributed by atoms with Crippen molar-refractivity contribution in [1.82, 2.24) is 9.97 Å². The summed E-state index contributed by atoms with van der Waals surface area (Å²) in [5.41, 5.74) is 9.01. The van der Waals surface area contributed by atoms with Gasteiger partial charge in [-0.15, -0.1) is 0 Å². The smallest absolute Gasteiger partial charge is 0.115 e. The van der Waals surface area contributed by atoms with Gasteiger partial charge in [0.2, 0.25) is 0 Å². The van der Waals surface area contributed by atoms with E-state index in [2.05, 4.69) is 28.2 Å². The first-order chi connectivity index (χ1) is 9.75. The second-order valence-corrected chi connectivity index (χ2v) is 5.55. The second-order valence-electron chi connectivity index (χ2n) is 5.55. The Morgan fingerprint density at radius 1 is 1.25 bits per heavy atom. The number of hydrogen-bond acceptors (Lipinski definition) is 4. The van der Waals surface area contributed by atoms with Crippen LogP contribution in [0.25, 0.3) is 0 Å². The highest BCUT2D eigenvalue weighted by Gasteiger charge is 2.41. The maximum absolute atomic E-state index is 10.8. The normalized spacial score (nSPS) is 23.1. The summed E-state index contributed by atoms with van der Waals surface area (Å²) in [5.74, 6) is 0. The molecule has 3 rings (SSSR count). The summed E-state index contributed by atoms with van der Waals surface area (Å²) in [4.78, 5) is 8.09. The molecular formula is C16H19N3O. The van der Waals surface area contributed by atoms with Crippen molar-refractivity contribution in [3.8, 4) is 0 Å². The van der Waals surface area contributed by atoms with Crippen LogP contribution in [0.4, 0.5) is 0 Å². The standard InChI is InChI=1S/C16H19N3O/c17-10-16(15(20)14-6-8-18-11-19-14)7-5-12-3-1-2-4-13(12)9-16/h1-4,6,8,11,15,20H,5,7,9-10,17H2. The highest BCUT2D eigenvalue weighted by atomic mass is 16.3. The molecule has 0 spiro atoms. The van der Waals surface area contributed by atoms with Gasteiger partial charge in [-0.3, -0.25) is 0 Å². The van der Waals surface area contributed by atoms with Crippen molar-refractivity contribution >= 4 is 0 Å². The van der Waals surface area contributed by atoms with Gasteiger partial charge < -0.3 is 10.8 Å². The van der Waals surface area contributed by atoms with Crippen molar-refractivity contribution in [1.29, 1.82) is 0 Å². The number of nitrogens with two attached hydrogens (primary N) is 1. The lowest BCUT2D eigenvalue weighted by Crippen LogP contribution is -2.42. The molecule has 2 aromatic rings. The van der Waals surface area contributed by atoms with Crippen LogP contribution in [-0.4, -0.2) is 21.6 Å². The molecule has 4 heteroatoms. The summed E-state index contributed by atoms with van der Waals surface area (Å²) in [6, 6.07) is 10.2. The number of aryl methyl sites for hydroxylation is 1. The molecular weight excluding hydrogens is 250 g/mol. The van der Waals surface area contributed by atoms with Crippen LogP contribution >= 0.6 is 0 Å². The number of aromatic nitrogens is 2. The van der Waals surface area contributed by atoms with Crippen molar-refractivity contribution in [2.45, 2.75) is 25.4 Å². The zero-order valence-corrected chi connectivity index (χ0v) is 11.4. The lowest BCUT2D eigenvalue weighted by atomic mass is 9.67. The highest BCUT2D eigenvalue weighted by molar-refractivity contribution is 5.32. The average molecular weight is 269 g/mol. The Balaban J connectivity index is 1.94. The molecule has 0 amide bonds. The third-order valence-electron chi connectivity index (χ3n) is 4.42. The van der Waals surface area contributed by atoms with Gasteiger partial charge in [-0.05, 0) is 36.5 Å². The molecule has 2 unspecified atom stereocenters. The predicted octanol–water partition coefficient (Wildman–Crippen LogP) is 1.64. The number of fused-ring (bicyclic) bond motifs is 1. The van der Waals surface area contributed by atoms with Crippen LogP contribution in [0.5, 0.6) is 0 Å². The number of hydrogen-bond donors (Lipinski definition) is 2. The molecule has 0 saturated carbocycles. The van der Waals surface area contributed by atoms with Crippen molar-refractivity contribution in [3.63, 3.8) is 0 Å². The minimum Gasteiger partial charge on any atom is -0.386 e. The largest absolute Gasteiger partial charge is 0.386 e. The Bertz CT molecular complexity index is 587. The van der Waals surface area contributed by atoms with Gasteiger partial charge in [0.05, 0.1) is 5.69 Å². The molecule has 2 atom stereocenters. The van der Waals surface area contributed by atoms with E-state index in [0.29, 0.717) is 12.2 Å². The summed E-state index contributed by atoms with van der Waals surface area (Å²) in [6.45, 7) is 0.451. The van der Waals surface area contributed by atoms with Gasteiger partial charge >= 0.3 is 0 Å². The molecule has 1 aliphatic rings. The van der Waals surface area contributed by atoms with Crippen LogP contribution < -0.4 is 5.73 Å². The van der Waals surface area contributed by atoms with E-state index in [-0.39, 0.29) is 5.41 Å². The van der Waals surface area contributed by atoms with Gasteiger partial charge in [0.25, 0.3) is 0 Å². The van der Waals surface area contributed by atoms with E-state index in [4.69, 9.17) is 5.73 Å². The third-order valence-corrected chi connectivity index (χ3v) is 4.42. The van der Waals surface area contributed by atoms with Crippen LogP contribution in [0, 0.1) is 5.41 Å². The maximum Gasteiger partial charge on any atom is 0.115 e. The summed E-state index contributed by atoms with van der Waals surface area (Å²) < 4.78 is 0. The molecule has 0 saturated heterocycles. The lowest BCUT2D eigenvalue weighted by molar-refractivity contribution is 0.0145. The van der Waals surface area contributed by atoms with E-state index < -0.39 is 6.10 Å². The van der Waals surface area contributed by atoms with Gasteiger partial charge in [-0.1, -0.05) is 24.3 Å². The average Bonchev–Trinajstić information content (AvgIpc) is 2.54. The molecule has 0 bridgehead atoms. The number of benzene rings is 1. The van der Waals surface area contributed by atoms with Crippen LogP contribution in [-0.2, 0) is 12.8 Å². The molecule has 104 valence electrons. The summed E-state index contributed by atoms with van der Waals surface area (Å²) >= 11 is 0. The Morgan fingerprint density at radius 3 is 2.75 bits per heavy atom.